The summed E-state index contributed by atoms with van der Waals surface area (Å²) >= 11 is 6.53. The van der Waals surface area contributed by atoms with Crippen LogP contribution in [0, 0.1) is 25.2 Å². The monoisotopic (exact) mass is 559 g/mol. The van der Waals surface area contributed by atoms with Crippen molar-refractivity contribution >= 4 is 46.1 Å². The average Bonchev–Trinajstić information content (AvgIpc) is 3.18. The van der Waals surface area contributed by atoms with Gasteiger partial charge in [-0.2, -0.15) is 5.26 Å². The second kappa shape index (κ2) is 11.7. The SMILES string of the molecule is COc1ccc(/C=C2\SC(=S)N(CCC(=O)c3c(C)c(C#N)c(=O)n(Cc4ccc(C)cc4)c3O)C2=O)cc1. The molecule has 0 atom stereocenters. The molecule has 1 aliphatic heterocycles. The molecule has 1 amide bonds. The smallest absolute Gasteiger partial charge is 0.271 e. The number of thiocarbonyl (C=S) groups is 1. The Labute approximate surface area is 235 Å². The molecule has 1 N–H and O–H groups in total. The first kappa shape index (κ1) is 27.8. The van der Waals surface area contributed by atoms with Gasteiger partial charge in [0.2, 0.25) is 5.88 Å². The highest BCUT2D eigenvalue weighted by atomic mass is 32.2. The van der Waals surface area contributed by atoms with Crippen LogP contribution in [0.15, 0.2) is 58.2 Å². The van der Waals surface area contributed by atoms with E-state index in [2.05, 4.69) is 0 Å². The maximum Gasteiger partial charge on any atom is 0.271 e. The van der Waals surface area contributed by atoms with Gasteiger partial charge in [-0.15, -0.1) is 0 Å². The number of carbonyl (C=O) groups is 2. The third kappa shape index (κ3) is 5.79. The number of nitrogens with zero attached hydrogens (tertiary/aromatic N) is 3. The molecule has 10 heteroatoms. The van der Waals surface area contributed by atoms with Crippen LogP contribution in [0.5, 0.6) is 11.6 Å². The second-order valence-electron chi connectivity index (χ2n) is 8.97. The minimum absolute atomic E-state index is 0.00889. The standard InChI is InChI=1S/C29H25N3O5S2/c1-17-4-6-20(7-5-17)16-32-26(34)22(15-30)18(2)25(28(32)36)23(33)12-13-31-27(35)24(39-29(31)38)14-19-8-10-21(37-3)11-9-19/h4-11,14,36H,12-13,16H2,1-3H3/b24-14-. The van der Waals surface area contributed by atoms with Gasteiger partial charge in [0, 0.05) is 13.0 Å². The van der Waals surface area contributed by atoms with E-state index >= 15 is 0 Å². The number of hydrogen-bond acceptors (Lipinski definition) is 8. The van der Waals surface area contributed by atoms with Gasteiger partial charge in [-0.25, -0.2) is 0 Å². The van der Waals surface area contributed by atoms with Crippen LogP contribution in [0.4, 0.5) is 0 Å². The highest BCUT2D eigenvalue weighted by Crippen LogP contribution is 2.33. The average molecular weight is 560 g/mol. The normalized spacial score (nSPS) is 14.1. The summed E-state index contributed by atoms with van der Waals surface area (Å²) in [6.45, 7) is 3.36. The Kier molecular flexibility index (Phi) is 8.33. The topological polar surface area (TPSA) is 113 Å². The minimum atomic E-state index is -0.676. The first-order chi connectivity index (χ1) is 18.6. The molecule has 0 bridgehead atoms. The van der Waals surface area contributed by atoms with Gasteiger partial charge in [0.25, 0.3) is 11.5 Å². The van der Waals surface area contributed by atoms with E-state index in [1.807, 2.05) is 49.4 Å². The first-order valence-corrected chi connectivity index (χ1v) is 13.2. The summed E-state index contributed by atoms with van der Waals surface area (Å²) in [6, 6.07) is 16.4. The maximum absolute atomic E-state index is 13.3. The molecule has 0 radical (unpaired) electrons. The fourth-order valence-electron chi connectivity index (χ4n) is 4.19. The van der Waals surface area contributed by atoms with Crippen LogP contribution in [-0.2, 0) is 11.3 Å². The van der Waals surface area contributed by atoms with Crippen LogP contribution in [0.3, 0.4) is 0 Å². The number of pyridine rings is 1. The molecule has 3 aromatic rings. The molecule has 1 saturated heterocycles. The Hall–Kier alpha value is -4.20. The highest BCUT2D eigenvalue weighted by molar-refractivity contribution is 8.26. The van der Waals surface area contributed by atoms with E-state index in [4.69, 9.17) is 17.0 Å². The molecule has 39 heavy (non-hydrogen) atoms. The van der Waals surface area contributed by atoms with E-state index in [0.717, 1.165) is 33.0 Å². The van der Waals surface area contributed by atoms with E-state index < -0.39 is 17.2 Å². The summed E-state index contributed by atoms with van der Waals surface area (Å²) in [5, 5.41) is 20.6. The first-order valence-electron chi connectivity index (χ1n) is 12.0. The van der Waals surface area contributed by atoms with Crippen molar-refractivity contribution in [3.05, 3.63) is 97.2 Å². The summed E-state index contributed by atoms with van der Waals surface area (Å²) in [5.41, 5.74) is 1.66. The molecule has 8 nitrogen and oxygen atoms in total. The quantitative estimate of drug-likeness (QED) is 0.243. The van der Waals surface area contributed by atoms with Gasteiger partial charge in [-0.05, 0) is 48.7 Å². The Balaban J connectivity index is 1.56. The Bertz CT molecular complexity index is 1600. The van der Waals surface area contributed by atoms with Crippen molar-refractivity contribution in [1.82, 2.24) is 9.47 Å². The third-order valence-electron chi connectivity index (χ3n) is 6.39. The van der Waals surface area contributed by atoms with E-state index in [1.54, 1.807) is 25.3 Å². The molecule has 0 aliphatic carbocycles. The fourth-order valence-corrected chi connectivity index (χ4v) is 5.50. The molecular formula is C29H25N3O5S2. The lowest BCUT2D eigenvalue weighted by Crippen LogP contribution is -2.31. The minimum Gasteiger partial charge on any atom is -0.497 e. The van der Waals surface area contributed by atoms with E-state index in [9.17, 15) is 24.8 Å². The predicted octanol–water partition coefficient (Wildman–Crippen LogP) is 4.57. The van der Waals surface area contributed by atoms with Crippen molar-refractivity contribution in [2.75, 3.05) is 13.7 Å². The number of ether oxygens (including phenoxy) is 1. The van der Waals surface area contributed by atoms with Crippen molar-refractivity contribution in [2.45, 2.75) is 26.8 Å². The molecule has 1 aromatic heterocycles. The zero-order valence-corrected chi connectivity index (χ0v) is 23.2. The zero-order chi connectivity index (χ0) is 28.3. The number of aromatic nitrogens is 1. The number of hydrogen-bond donors (Lipinski definition) is 1. The number of carbonyl (C=O) groups excluding carboxylic acids is 2. The number of Topliss-reactive ketones (excluding diaryl/α,β-unsaturated/α-hetero) is 1. The number of nitriles is 1. The van der Waals surface area contributed by atoms with E-state index in [1.165, 1.54) is 11.8 Å². The molecule has 1 aliphatic rings. The summed E-state index contributed by atoms with van der Waals surface area (Å²) in [5.74, 6) is -0.641. The van der Waals surface area contributed by atoms with Gasteiger partial charge < -0.3 is 9.84 Å². The van der Waals surface area contributed by atoms with Gasteiger partial charge in [0.15, 0.2) is 5.78 Å². The third-order valence-corrected chi connectivity index (χ3v) is 7.77. The molecule has 198 valence electrons. The summed E-state index contributed by atoms with van der Waals surface area (Å²) in [6.07, 6.45) is 1.56. The molecular weight excluding hydrogens is 534 g/mol. The van der Waals surface area contributed by atoms with Gasteiger partial charge in [-0.1, -0.05) is 65.9 Å². The van der Waals surface area contributed by atoms with Gasteiger partial charge in [0.1, 0.15) is 21.7 Å². The Morgan fingerprint density at radius 2 is 1.79 bits per heavy atom. The summed E-state index contributed by atoms with van der Waals surface area (Å²) in [7, 11) is 1.57. The lowest BCUT2D eigenvalue weighted by atomic mass is 9.99. The van der Waals surface area contributed by atoms with Crippen molar-refractivity contribution in [3.8, 4) is 17.7 Å². The lowest BCUT2D eigenvalue weighted by molar-refractivity contribution is -0.122. The number of benzene rings is 2. The predicted molar refractivity (Wildman–Crippen MR) is 154 cm³/mol. The van der Waals surface area contributed by atoms with Crippen LogP contribution in [0.2, 0.25) is 0 Å². The maximum atomic E-state index is 13.3. The lowest BCUT2D eigenvalue weighted by Gasteiger charge is -2.17. The molecule has 0 unspecified atom stereocenters. The van der Waals surface area contributed by atoms with Crippen LogP contribution >= 0.6 is 24.0 Å². The molecule has 1 fully saturated rings. The number of ketones is 1. The fraction of sp³-hybridized carbons (Fsp3) is 0.207. The van der Waals surface area contributed by atoms with Crippen molar-refractivity contribution in [1.29, 1.82) is 5.26 Å². The molecule has 2 aromatic carbocycles. The Morgan fingerprint density at radius 1 is 1.13 bits per heavy atom. The number of rotatable bonds is 8. The molecule has 2 heterocycles. The number of aromatic hydroxyl groups is 1. The Morgan fingerprint density at radius 3 is 2.41 bits per heavy atom. The highest BCUT2D eigenvalue weighted by Gasteiger charge is 2.33. The van der Waals surface area contributed by atoms with E-state index in [-0.39, 0.29) is 42.1 Å². The number of methoxy groups -OCH3 is 1. The number of aryl methyl sites for hydroxylation is 1. The number of thioether (sulfide) groups is 1. The van der Waals surface area contributed by atoms with Crippen molar-refractivity contribution in [2.24, 2.45) is 0 Å². The van der Waals surface area contributed by atoms with Crippen LogP contribution in [0.1, 0.15) is 44.6 Å². The second-order valence-corrected chi connectivity index (χ2v) is 10.6. The van der Waals surface area contributed by atoms with Crippen molar-refractivity contribution < 1.29 is 19.4 Å². The van der Waals surface area contributed by atoms with Crippen LogP contribution in [-0.4, -0.2) is 44.2 Å². The molecule has 0 spiro atoms. The van der Waals surface area contributed by atoms with E-state index in [0.29, 0.717) is 15.0 Å². The molecule has 4 rings (SSSR count). The summed E-state index contributed by atoms with van der Waals surface area (Å²) < 4.78 is 6.50. The van der Waals surface area contributed by atoms with Crippen LogP contribution < -0.4 is 10.3 Å². The van der Waals surface area contributed by atoms with Crippen LogP contribution in [0.25, 0.3) is 6.08 Å². The number of amides is 1. The zero-order valence-electron chi connectivity index (χ0n) is 21.6. The van der Waals surface area contributed by atoms with Crippen molar-refractivity contribution in [3.63, 3.8) is 0 Å². The molecule has 0 saturated carbocycles. The van der Waals surface area contributed by atoms with Gasteiger partial charge in [-0.3, -0.25) is 23.9 Å². The largest absolute Gasteiger partial charge is 0.497 e. The van der Waals surface area contributed by atoms with Gasteiger partial charge in [0.05, 0.1) is 24.1 Å². The summed E-state index contributed by atoms with van der Waals surface area (Å²) in [4.78, 5) is 41.1. The van der Waals surface area contributed by atoms with Gasteiger partial charge >= 0.3 is 0 Å².